The number of nitrogens with one attached hydrogen (secondary N) is 1. The minimum Gasteiger partial charge on any atom is -0.383 e. The molecule has 0 amide bonds. The summed E-state index contributed by atoms with van der Waals surface area (Å²) in [6.45, 7) is 7.36. The summed E-state index contributed by atoms with van der Waals surface area (Å²) in [5.74, 6) is 1.36. The molecular formula is C17H28BrNO. The van der Waals surface area contributed by atoms with Gasteiger partial charge in [0.2, 0.25) is 0 Å². The summed E-state index contributed by atoms with van der Waals surface area (Å²) in [5, 5.41) is 3.51. The largest absolute Gasteiger partial charge is 0.383 e. The van der Waals surface area contributed by atoms with Gasteiger partial charge in [-0.15, -0.1) is 0 Å². The highest BCUT2D eigenvalue weighted by molar-refractivity contribution is 9.10. The predicted octanol–water partition coefficient (Wildman–Crippen LogP) is 4.60. The highest BCUT2D eigenvalue weighted by Gasteiger charge is 2.15. The summed E-state index contributed by atoms with van der Waals surface area (Å²) in [7, 11) is 1.75. The third-order valence-electron chi connectivity index (χ3n) is 3.68. The summed E-state index contributed by atoms with van der Waals surface area (Å²) in [6.07, 6.45) is 3.83. The maximum atomic E-state index is 5.10. The van der Waals surface area contributed by atoms with E-state index in [1.165, 1.54) is 24.8 Å². The van der Waals surface area contributed by atoms with Crippen LogP contribution in [0.25, 0.3) is 0 Å². The maximum absolute atomic E-state index is 5.10. The van der Waals surface area contributed by atoms with Crippen LogP contribution in [0.1, 0.15) is 44.6 Å². The molecule has 3 heteroatoms. The molecule has 1 rings (SSSR count). The molecule has 20 heavy (non-hydrogen) atoms. The second kappa shape index (κ2) is 10.4. The van der Waals surface area contributed by atoms with Crippen LogP contribution in [0.5, 0.6) is 0 Å². The lowest BCUT2D eigenvalue weighted by atomic mass is 9.87. The molecule has 2 unspecified atom stereocenters. The summed E-state index contributed by atoms with van der Waals surface area (Å²) in [5.41, 5.74) is 1.43. The molecule has 0 saturated heterocycles. The Balaban J connectivity index is 2.60. The molecule has 2 nitrogen and oxygen atoms in total. The molecule has 0 aromatic heterocycles. The molecule has 0 aliphatic rings. The Morgan fingerprint density at radius 3 is 2.55 bits per heavy atom. The van der Waals surface area contributed by atoms with E-state index < -0.39 is 0 Å². The van der Waals surface area contributed by atoms with E-state index in [9.17, 15) is 0 Å². The fourth-order valence-electron chi connectivity index (χ4n) is 2.62. The smallest absolute Gasteiger partial charge is 0.0587 e. The second-order valence-corrected chi connectivity index (χ2v) is 6.49. The molecule has 1 N–H and O–H groups in total. The monoisotopic (exact) mass is 341 g/mol. The molecule has 0 spiro atoms. The van der Waals surface area contributed by atoms with Gasteiger partial charge in [-0.05, 0) is 36.0 Å². The first-order valence-corrected chi connectivity index (χ1v) is 8.41. The minimum atomic E-state index is 0.585. The van der Waals surface area contributed by atoms with Crippen molar-refractivity contribution in [3.63, 3.8) is 0 Å². The lowest BCUT2D eigenvalue weighted by Crippen LogP contribution is -2.26. The van der Waals surface area contributed by atoms with Crippen molar-refractivity contribution in [1.82, 2.24) is 5.32 Å². The molecule has 0 radical (unpaired) electrons. The van der Waals surface area contributed by atoms with Gasteiger partial charge in [-0.2, -0.15) is 0 Å². The number of halogens is 1. The van der Waals surface area contributed by atoms with Crippen molar-refractivity contribution in [3.05, 3.63) is 34.3 Å². The van der Waals surface area contributed by atoms with Crippen molar-refractivity contribution in [2.75, 3.05) is 26.8 Å². The van der Waals surface area contributed by atoms with Gasteiger partial charge in [0, 0.05) is 24.7 Å². The Labute approximate surface area is 132 Å². The molecule has 114 valence electrons. The molecule has 2 atom stereocenters. The molecule has 0 bridgehead atoms. The van der Waals surface area contributed by atoms with Gasteiger partial charge in [-0.1, -0.05) is 54.8 Å². The van der Waals surface area contributed by atoms with E-state index in [4.69, 9.17) is 4.74 Å². The van der Waals surface area contributed by atoms with Crippen LogP contribution in [0, 0.1) is 5.92 Å². The third kappa shape index (κ3) is 6.87. The first kappa shape index (κ1) is 17.7. The first-order valence-electron chi connectivity index (χ1n) is 7.62. The van der Waals surface area contributed by atoms with E-state index in [2.05, 4.69) is 59.4 Å². The van der Waals surface area contributed by atoms with Gasteiger partial charge in [0.1, 0.15) is 0 Å². The minimum absolute atomic E-state index is 0.585. The van der Waals surface area contributed by atoms with Gasteiger partial charge in [-0.3, -0.25) is 0 Å². The molecule has 0 saturated carbocycles. The Morgan fingerprint density at radius 2 is 1.95 bits per heavy atom. The second-order valence-electron chi connectivity index (χ2n) is 5.57. The molecule has 1 aromatic rings. The van der Waals surface area contributed by atoms with Crippen LogP contribution in [-0.2, 0) is 4.74 Å². The SMILES string of the molecule is CCCC(C)CC(CNCCOC)c1ccc(Br)cc1. The molecular weight excluding hydrogens is 314 g/mol. The van der Waals surface area contributed by atoms with Crippen LogP contribution in [-0.4, -0.2) is 26.8 Å². The fourth-order valence-corrected chi connectivity index (χ4v) is 2.88. The zero-order valence-electron chi connectivity index (χ0n) is 13.0. The zero-order valence-corrected chi connectivity index (χ0v) is 14.6. The van der Waals surface area contributed by atoms with Crippen molar-refractivity contribution in [2.45, 2.75) is 39.0 Å². The Hall–Kier alpha value is -0.380. The lowest BCUT2D eigenvalue weighted by Gasteiger charge is -2.22. The van der Waals surface area contributed by atoms with E-state index in [1.807, 2.05) is 0 Å². The van der Waals surface area contributed by atoms with Gasteiger partial charge in [0.15, 0.2) is 0 Å². The molecule has 0 aliphatic heterocycles. The van der Waals surface area contributed by atoms with Crippen molar-refractivity contribution in [1.29, 1.82) is 0 Å². The van der Waals surface area contributed by atoms with E-state index >= 15 is 0 Å². The number of ether oxygens (including phenoxy) is 1. The molecule has 0 aliphatic carbocycles. The number of methoxy groups -OCH3 is 1. The van der Waals surface area contributed by atoms with E-state index in [-0.39, 0.29) is 0 Å². The van der Waals surface area contributed by atoms with E-state index in [0.29, 0.717) is 5.92 Å². The number of rotatable bonds is 10. The molecule has 0 fully saturated rings. The lowest BCUT2D eigenvalue weighted by molar-refractivity contribution is 0.198. The van der Waals surface area contributed by atoms with Crippen LogP contribution < -0.4 is 5.32 Å². The van der Waals surface area contributed by atoms with Gasteiger partial charge in [-0.25, -0.2) is 0 Å². The summed E-state index contributed by atoms with van der Waals surface area (Å²) >= 11 is 3.51. The fraction of sp³-hybridized carbons (Fsp3) is 0.647. The first-order chi connectivity index (χ1) is 9.67. The van der Waals surface area contributed by atoms with Crippen molar-refractivity contribution >= 4 is 15.9 Å². The van der Waals surface area contributed by atoms with Gasteiger partial charge in [0.05, 0.1) is 6.61 Å². The predicted molar refractivity (Wildman–Crippen MR) is 90.3 cm³/mol. The van der Waals surface area contributed by atoms with Crippen LogP contribution in [0.3, 0.4) is 0 Å². The number of hydrogen-bond acceptors (Lipinski definition) is 2. The number of hydrogen-bond donors (Lipinski definition) is 1. The van der Waals surface area contributed by atoms with Crippen molar-refractivity contribution < 1.29 is 4.74 Å². The van der Waals surface area contributed by atoms with E-state index in [0.717, 1.165) is 30.1 Å². The van der Waals surface area contributed by atoms with Gasteiger partial charge < -0.3 is 10.1 Å². The van der Waals surface area contributed by atoms with Crippen molar-refractivity contribution in [2.24, 2.45) is 5.92 Å². The van der Waals surface area contributed by atoms with Crippen LogP contribution in [0.4, 0.5) is 0 Å². The highest BCUT2D eigenvalue weighted by atomic mass is 79.9. The molecule has 0 heterocycles. The van der Waals surface area contributed by atoms with Crippen LogP contribution in [0.15, 0.2) is 28.7 Å². The van der Waals surface area contributed by atoms with Gasteiger partial charge >= 0.3 is 0 Å². The Kier molecular flexibility index (Phi) is 9.16. The average molecular weight is 342 g/mol. The Bertz CT molecular complexity index is 353. The quantitative estimate of drug-likeness (QED) is 0.628. The standard InChI is InChI=1S/C17H28BrNO/c1-4-5-14(2)12-16(13-19-10-11-20-3)15-6-8-17(18)9-7-15/h6-9,14,16,19H,4-5,10-13H2,1-3H3. The maximum Gasteiger partial charge on any atom is 0.0587 e. The third-order valence-corrected chi connectivity index (χ3v) is 4.21. The normalized spacial score (nSPS) is 14.2. The zero-order chi connectivity index (χ0) is 14.8. The topological polar surface area (TPSA) is 21.3 Å². The summed E-state index contributed by atoms with van der Waals surface area (Å²) in [4.78, 5) is 0. The summed E-state index contributed by atoms with van der Waals surface area (Å²) < 4.78 is 6.24. The summed E-state index contributed by atoms with van der Waals surface area (Å²) in [6, 6.07) is 8.76. The Morgan fingerprint density at radius 1 is 1.25 bits per heavy atom. The highest BCUT2D eigenvalue weighted by Crippen LogP contribution is 2.26. The van der Waals surface area contributed by atoms with Gasteiger partial charge in [0.25, 0.3) is 0 Å². The van der Waals surface area contributed by atoms with Crippen LogP contribution >= 0.6 is 15.9 Å². The van der Waals surface area contributed by atoms with Crippen molar-refractivity contribution in [3.8, 4) is 0 Å². The average Bonchev–Trinajstić information content (AvgIpc) is 2.43. The number of benzene rings is 1. The van der Waals surface area contributed by atoms with Crippen LogP contribution in [0.2, 0.25) is 0 Å². The van der Waals surface area contributed by atoms with E-state index in [1.54, 1.807) is 7.11 Å². The molecule has 1 aromatic carbocycles.